The van der Waals surface area contributed by atoms with Gasteiger partial charge in [0.1, 0.15) is 5.60 Å². The molecule has 1 aliphatic rings. The van der Waals surface area contributed by atoms with Crippen LogP contribution in [-0.4, -0.2) is 52.8 Å². The number of nitrogens with zero attached hydrogens (tertiary/aromatic N) is 3. The predicted octanol–water partition coefficient (Wildman–Crippen LogP) is 4.09. The number of likely N-dealkylation sites (tertiary alicyclic amines) is 1. The van der Waals surface area contributed by atoms with E-state index in [1.165, 1.54) is 0 Å². The quantitative estimate of drug-likeness (QED) is 0.834. The first-order valence-electron chi connectivity index (χ1n) is 9.97. The van der Waals surface area contributed by atoms with Gasteiger partial charge in [-0.15, -0.1) is 0 Å². The molecule has 3 rings (SSSR count). The Morgan fingerprint density at radius 3 is 2.64 bits per heavy atom. The summed E-state index contributed by atoms with van der Waals surface area (Å²) in [5.41, 5.74) is 1.16. The summed E-state index contributed by atoms with van der Waals surface area (Å²) in [6, 6.07) is 7.75. The zero-order valence-corrected chi connectivity index (χ0v) is 17.2. The summed E-state index contributed by atoms with van der Waals surface area (Å²) in [5.74, 6) is 1.49. The highest BCUT2D eigenvalue weighted by Crippen LogP contribution is 2.25. The van der Waals surface area contributed by atoms with E-state index < -0.39 is 5.60 Å². The maximum Gasteiger partial charge on any atom is 0.410 e. The summed E-state index contributed by atoms with van der Waals surface area (Å²) in [6.45, 7) is 10.2. The highest BCUT2D eigenvalue weighted by Gasteiger charge is 2.27. The van der Waals surface area contributed by atoms with Crippen LogP contribution in [0.2, 0.25) is 0 Å². The normalized spacial score (nSPS) is 17.4. The lowest BCUT2D eigenvalue weighted by Crippen LogP contribution is -2.44. The van der Waals surface area contributed by atoms with Crippen molar-refractivity contribution in [3.63, 3.8) is 0 Å². The molecular formula is C21H30N4O3. The number of piperidine rings is 1. The summed E-state index contributed by atoms with van der Waals surface area (Å²) in [4.78, 5) is 23.4. The van der Waals surface area contributed by atoms with Gasteiger partial charge in [0.25, 0.3) is 5.88 Å². The van der Waals surface area contributed by atoms with Crippen LogP contribution in [-0.2, 0) is 4.74 Å². The Bertz CT molecular complexity index is 819. The molecule has 0 aliphatic carbocycles. The van der Waals surface area contributed by atoms with Crippen molar-refractivity contribution in [2.75, 3.05) is 31.6 Å². The molecule has 0 saturated carbocycles. The molecule has 28 heavy (non-hydrogen) atoms. The van der Waals surface area contributed by atoms with Gasteiger partial charge in [-0.05, 0) is 58.6 Å². The molecule has 7 nitrogen and oxygen atoms in total. The first-order chi connectivity index (χ1) is 13.4. The smallest absolute Gasteiger partial charge is 0.410 e. The molecule has 0 unspecified atom stereocenters. The van der Waals surface area contributed by atoms with Crippen molar-refractivity contribution < 1.29 is 14.3 Å². The predicted molar refractivity (Wildman–Crippen MR) is 110 cm³/mol. The molecule has 1 aromatic heterocycles. The maximum atomic E-state index is 12.4. The number of carbonyl (C=O) groups is 1. The maximum absolute atomic E-state index is 12.4. The van der Waals surface area contributed by atoms with Gasteiger partial charge in [0, 0.05) is 19.6 Å². The molecule has 1 saturated heterocycles. The number of para-hydroxylation sites is 2. The molecule has 7 heteroatoms. The molecule has 0 radical (unpaired) electrons. The van der Waals surface area contributed by atoms with Crippen molar-refractivity contribution in [3.8, 4) is 5.88 Å². The van der Waals surface area contributed by atoms with Gasteiger partial charge in [-0.3, -0.25) is 0 Å². The van der Waals surface area contributed by atoms with Gasteiger partial charge >= 0.3 is 6.09 Å². The van der Waals surface area contributed by atoms with E-state index in [2.05, 4.69) is 15.3 Å². The molecule has 1 aliphatic heterocycles. The van der Waals surface area contributed by atoms with Crippen LogP contribution in [0.5, 0.6) is 5.88 Å². The Morgan fingerprint density at radius 2 is 1.96 bits per heavy atom. The third-order valence-corrected chi connectivity index (χ3v) is 4.55. The SMILES string of the molecule is CCOc1nc2ccccc2nc1NC[C@@H]1CCCN(C(=O)OC(C)(C)C)C1. The minimum absolute atomic E-state index is 0.238. The van der Waals surface area contributed by atoms with Crippen molar-refractivity contribution in [1.29, 1.82) is 0 Å². The molecular weight excluding hydrogens is 356 g/mol. The summed E-state index contributed by atoms with van der Waals surface area (Å²) >= 11 is 0. The molecule has 1 amide bonds. The van der Waals surface area contributed by atoms with Gasteiger partial charge in [0.2, 0.25) is 0 Å². The zero-order valence-electron chi connectivity index (χ0n) is 17.2. The number of carbonyl (C=O) groups excluding carboxylic acids is 1. The summed E-state index contributed by atoms with van der Waals surface area (Å²) in [7, 11) is 0. The van der Waals surface area contributed by atoms with Crippen LogP contribution < -0.4 is 10.1 Å². The van der Waals surface area contributed by atoms with Crippen LogP contribution in [0.4, 0.5) is 10.6 Å². The first-order valence-corrected chi connectivity index (χ1v) is 9.97. The number of ether oxygens (including phenoxy) is 2. The summed E-state index contributed by atoms with van der Waals surface area (Å²) < 4.78 is 11.2. The van der Waals surface area contributed by atoms with E-state index in [9.17, 15) is 4.79 Å². The molecule has 0 spiro atoms. The Balaban J connectivity index is 1.66. The molecule has 1 aromatic carbocycles. The molecule has 1 atom stereocenters. The number of nitrogens with one attached hydrogen (secondary N) is 1. The lowest BCUT2D eigenvalue weighted by Gasteiger charge is -2.34. The van der Waals surface area contributed by atoms with Gasteiger partial charge in [-0.1, -0.05) is 12.1 Å². The summed E-state index contributed by atoms with van der Waals surface area (Å²) in [5, 5.41) is 3.39. The van der Waals surface area contributed by atoms with E-state index in [0.29, 0.717) is 37.3 Å². The number of amides is 1. The first kappa shape index (κ1) is 20.2. The number of anilines is 1. The molecule has 2 heterocycles. The zero-order chi connectivity index (χ0) is 20.1. The minimum Gasteiger partial charge on any atom is -0.475 e. The van der Waals surface area contributed by atoms with Gasteiger partial charge < -0.3 is 19.7 Å². The van der Waals surface area contributed by atoms with E-state index in [-0.39, 0.29) is 6.09 Å². The molecule has 1 N–H and O–H groups in total. The monoisotopic (exact) mass is 386 g/mol. The number of fused-ring (bicyclic) bond motifs is 1. The van der Waals surface area contributed by atoms with Crippen molar-refractivity contribution in [1.82, 2.24) is 14.9 Å². The number of rotatable bonds is 5. The highest BCUT2D eigenvalue weighted by molar-refractivity contribution is 5.77. The third-order valence-electron chi connectivity index (χ3n) is 4.55. The Kier molecular flexibility index (Phi) is 6.21. The Hall–Kier alpha value is -2.57. The van der Waals surface area contributed by atoms with Gasteiger partial charge in [0.05, 0.1) is 17.6 Å². The van der Waals surface area contributed by atoms with Crippen molar-refractivity contribution >= 4 is 22.9 Å². The number of aromatic nitrogens is 2. The number of benzene rings is 1. The highest BCUT2D eigenvalue weighted by atomic mass is 16.6. The average molecular weight is 386 g/mol. The standard InChI is InChI=1S/C21H30N4O3/c1-5-27-19-18(23-16-10-6-7-11-17(16)24-19)22-13-15-9-8-12-25(14-15)20(26)28-21(2,3)4/h6-7,10-11,15H,5,8-9,12-14H2,1-4H3,(H,22,23)/t15-/m0/s1. The Morgan fingerprint density at radius 1 is 1.25 bits per heavy atom. The second kappa shape index (κ2) is 8.63. The fraction of sp³-hybridized carbons (Fsp3) is 0.571. The number of hydrogen-bond acceptors (Lipinski definition) is 6. The topological polar surface area (TPSA) is 76.6 Å². The molecule has 2 aromatic rings. The second-order valence-corrected chi connectivity index (χ2v) is 8.11. The van der Waals surface area contributed by atoms with Crippen LogP contribution in [0.3, 0.4) is 0 Å². The fourth-order valence-corrected chi connectivity index (χ4v) is 3.30. The van der Waals surface area contributed by atoms with E-state index in [1.54, 1.807) is 4.90 Å². The van der Waals surface area contributed by atoms with E-state index in [4.69, 9.17) is 9.47 Å². The van der Waals surface area contributed by atoms with Crippen LogP contribution in [0.15, 0.2) is 24.3 Å². The number of hydrogen-bond donors (Lipinski definition) is 1. The summed E-state index contributed by atoms with van der Waals surface area (Å²) in [6.07, 6.45) is 1.78. The lowest BCUT2D eigenvalue weighted by molar-refractivity contribution is 0.0172. The van der Waals surface area contributed by atoms with Gasteiger partial charge in [-0.25, -0.2) is 14.8 Å². The van der Waals surface area contributed by atoms with E-state index in [0.717, 1.165) is 30.4 Å². The Labute approximate surface area is 166 Å². The lowest BCUT2D eigenvalue weighted by atomic mass is 9.98. The van der Waals surface area contributed by atoms with Crippen LogP contribution >= 0.6 is 0 Å². The van der Waals surface area contributed by atoms with Gasteiger partial charge in [0.15, 0.2) is 5.82 Å². The largest absolute Gasteiger partial charge is 0.475 e. The van der Waals surface area contributed by atoms with Crippen molar-refractivity contribution in [3.05, 3.63) is 24.3 Å². The van der Waals surface area contributed by atoms with Crippen LogP contribution in [0, 0.1) is 5.92 Å². The van der Waals surface area contributed by atoms with Gasteiger partial charge in [-0.2, -0.15) is 0 Å². The van der Waals surface area contributed by atoms with Crippen molar-refractivity contribution in [2.45, 2.75) is 46.1 Å². The minimum atomic E-state index is -0.477. The van der Waals surface area contributed by atoms with Crippen molar-refractivity contribution in [2.24, 2.45) is 5.92 Å². The third kappa shape index (κ3) is 5.24. The fourth-order valence-electron chi connectivity index (χ4n) is 3.30. The average Bonchev–Trinajstić information content (AvgIpc) is 2.65. The molecule has 1 fully saturated rings. The molecule has 152 valence electrons. The van der Waals surface area contributed by atoms with E-state index >= 15 is 0 Å². The van der Waals surface area contributed by atoms with Crippen LogP contribution in [0.25, 0.3) is 11.0 Å². The van der Waals surface area contributed by atoms with E-state index in [1.807, 2.05) is 52.0 Å². The molecule has 0 bridgehead atoms. The second-order valence-electron chi connectivity index (χ2n) is 8.11. The van der Waals surface area contributed by atoms with Crippen LogP contribution in [0.1, 0.15) is 40.5 Å².